The number of aromatic nitrogens is 2. The van der Waals surface area contributed by atoms with Crippen molar-refractivity contribution in [3.05, 3.63) is 47.8 Å². The number of benzene rings is 1. The highest BCUT2D eigenvalue weighted by Gasteiger charge is 2.18. The Morgan fingerprint density at radius 2 is 1.91 bits per heavy atom. The van der Waals surface area contributed by atoms with E-state index in [1.54, 1.807) is 46.1 Å². The van der Waals surface area contributed by atoms with Crippen molar-refractivity contribution < 1.29 is 13.6 Å². The SMILES string of the molecule is CNc1cc2nc(C)c(-c3cc(NC(=O)NCCC(C)(C)C#N)c(F)cc3F)cc2cn1. The maximum absolute atomic E-state index is 14.7. The summed E-state index contributed by atoms with van der Waals surface area (Å²) < 4.78 is 29.0. The smallest absolute Gasteiger partial charge is 0.319 e. The van der Waals surface area contributed by atoms with Crippen molar-refractivity contribution in [2.75, 3.05) is 24.2 Å². The fourth-order valence-corrected chi connectivity index (χ4v) is 3.14. The molecule has 7 nitrogen and oxygen atoms in total. The van der Waals surface area contributed by atoms with Gasteiger partial charge in [-0.15, -0.1) is 0 Å². The Labute approximate surface area is 184 Å². The summed E-state index contributed by atoms with van der Waals surface area (Å²) in [6.07, 6.45) is 2.05. The molecule has 0 spiro atoms. The second-order valence-corrected chi connectivity index (χ2v) is 8.07. The third-order valence-electron chi connectivity index (χ3n) is 5.08. The van der Waals surface area contributed by atoms with Gasteiger partial charge in [-0.3, -0.25) is 4.98 Å². The van der Waals surface area contributed by atoms with Gasteiger partial charge in [0.05, 0.1) is 22.7 Å². The second kappa shape index (κ2) is 9.14. The van der Waals surface area contributed by atoms with Crippen LogP contribution in [0, 0.1) is 35.3 Å². The number of hydrogen-bond acceptors (Lipinski definition) is 5. The third-order valence-corrected chi connectivity index (χ3v) is 5.08. The van der Waals surface area contributed by atoms with E-state index in [4.69, 9.17) is 5.26 Å². The minimum atomic E-state index is -0.898. The van der Waals surface area contributed by atoms with Gasteiger partial charge in [0.2, 0.25) is 0 Å². The summed E-state index contributed by atoms with van der Waals surface area (Å²) in [5.74, 6) is -1.01. The summed E-state index contributed by atoms with van der Waals surface area (Å²) in [6, 6.07) is 6.98. The molecule has 0 bridgehead atoms. The maximum Gasteiger partial charge on any atom is 0.319 e. The molecule has 2 aromatic heterocycles. The summed E-state index contributed by atoms with van der Waals surface area (Å²) in [4.78, 5) is 20.9. The molecule has 3 aromatic rings. The number of nitrogens with zero attached hydrogens (tertiary/aromatic N) is 3. The number of urea groups is 1. The normalized spacial score (nSPS) is 11.2. The Morgan fingerprint density at radius 1 is 1.16 bits per heavy atom. The molecule has 2 amide bonds. The van der Waals surface area contributed by atoms with Crippen LogP contribution in [0.3, 0.4) is 0 Å². The molecule has 0 fully saturated rings. The van der Waals surface area contributed by atoms with E-state index < -0.39 is 23.1 Å². The van der Waals surface area contributed by atoms with E-state index in [2.05, 4.69) is 32.0 Å². The Kier molecular flexibility index (Phi) is 6.53. The van der Waals surface area contributed by atoms with Crippen molar-refractivity contribution in [3.8, 4) is 17.2 Å². The number of halogens is 2. The van der Waals surface area contributed by atoms with E-state index in [9.17, 15) is 13.6 Å². The summed E-state index contributed by atoms with van der Waals surface area (Å²) in [5.41, 5.74) is 1.05. The Balaban J connectivity index is 1.88. The van der Waals surface area contributed by atoms with Gasteiger partial charge in [0.1, 0.15) is 17.5 Å². The molecule has 2 heterocycles. The van der Waals surface area contributed by atoms with E-state index in [0.29, 0.717) is 34.4 Å². The first-order chi connectivity index (χ1) is 15.1. The third kappa shape index (κ3) is 5.09. The van der Waals surface area contributed by atoms with Crippen molar-refractivity contribution in [3.63, 3.8) is 0 Å². The van der Waals surface area contributed by atoms with Crippen LogP contribution in [-0.2, 0) is 0 Å². The van der Waals surface area contributed by atoms with Gasteiger partial charge in [0.15, 0.2) is 0 Å². The van der Waals surface area contributed by atoms with Crippen LogP contribution in [0.25, 0.3) is 22.0 Å². The van der Waals surface area contributed by atoms with Crippen LogP contribution in [0.5, 0.6) is 0 Å². The first-order valence-corrected chi connectivity index (χ1v) is 10.0. The summed E-state index contributed by atoms with van der Waals surface area (Å²) in [7, 11) is 1.75. The lowest BCUT2D eigenvalue weighted by molar-refractivity contribution is 0.250. The zero-order valence-corrected chi connectivity index (χ0v) is 18.3. The largest absolute Gasteiger partial charge is 0.373 e. The molecule has 3 rings (SSSR count). The number of amides is 2. The molecule has 0 atom stereocenters. The molecule has 0 saturated heterocycles. The first-order valence-electron chi connectivity index (χ1n) is 10.0. The van der Waals surface area contributed by atoms with Crippen LogP contribution in [0.4, 0.5) is 25.1 Å². The standard InChI is InChI=1S/C23H24F2N6O/c1-13-15(7-14-11-29-21(27-4)10-19(14)30-13)16-8-20(18(25)9-17(16)24)31-22(32)28-6-5-23(2,3)12-26/h7-11H,5-6H2,1-4H3,(H,27,29)(H2,28,31,32). The van der Waals surface area contributed by atoms with Crippen LogP contribution < -0.4 is 16.0 Å². The van der Waals surface area contributed by atoms with Crippen LogP contribution in [0.15, 0.2) is 30.5 Å². The lowest BCUT2D eigenvalue weighted by Crippen LogP contribution is -2.32. The van der Waals surface area contributed by atoms with Gasteiger partial charge in [0.25, 0.3) is 0 Å². The van der Waals surface area contributed by atoms with E-state index >= 15 is 0 Å². The van der Waals surface area contributed by atoms with Crippen molar-refractivity contribution >= 4 is 28.4 Å². The van der Waals surface area contributed by atoms with Crippen LogP contribution >= 0.6 is 0 Å². The fourth-order valence-electron chi connectivity index (χ4n) is 3.14. The predicted octanol–water partition coefficient (Wildman–Crippen LogP) is 4.99. The molecule has 0 aliphatic heterocycles. The molecule has 1 aromatic carbocycles. The lowest BCUT2D eigenvalue weighted by atomic mass is 9.92. The van der Waals surface area contributed by atoms with Gasteiger partial charge >= 0.3 is 6.03 Å². The summed E-state index contributed by atoms with van der Waals surface area (Å²) in [6.45, 7) is 5.48. The minimum absolute atomic E-state index is 0.108. The summed E-state index contributed by atoms with van der Waals surface area (Å²) >= 11 is 0. The van der Waals surface area contributed by atoms with Gasteiger partial charge in [-0.25, -0.2) is 18.6 Å². The van der Waals surface area contributed by atoms with Gasteiger partial charge in [-0.05, 0) is 39.3 Å². The van der Waals surface area contributed by atoms with E-state index in [1.807, 2.05) is 0 Å². The molecule has 0 saturated carbocycles. The number of aryl methyl sites for hydroxylation is 1. The number of fused-ring (bicyclic) bond motifs is 1. The van der Waals surface area contributed by atoms with Gasteiger partial charge in [-0.2, -0.15) is 5.26 Å². The van der Waals surface area contributed by atoms with Crippen molar-refractivity contribution in [2.45, 2.75) is 27.2 Å². The van der Waals surface area contributed by atoms with Crippen LogP contribution in [-0.4, -0.2) is 29.6 Å². The number of rotatable bonds is 6. The molecule has 9 heteroatoms. The van der Waals surface area contributed by atoms with Crippen molar-refractivity contribution in [1.82, 2.24) is 15.3 Å². The van der Waals surface area contributed by atoms with Gasteiger partial charge in [0, 0.05) is 54.1 Å². The number of anilines is 2. The van der Waals surface area contributed by atoms with E-state index in [0.717, 1.165) is 6.07 Å². The maximum atomic E-state index is 14.7. The van der Waals surface area contributed by atoms with Crippen molar-refractivity contribution in [1.29, 1.82) is 5.26 Å². The molecule has 0 unspecified atom stereocenters. The topological polar surface area (TPSA) is 103 Å². The molecular weight excluding hydrogens is 414 g/mol. The number of carbonyl (C=O) groups is 1. The first kappa shape index (κ1) is 22.9. The van der Waals surface area contributed by atoms with E-state index in [1.165, 1.54) is 6.07 Å². The summed E-state index contributed by atoms with van der Waals surface area (Å²) in [5, 5.41) is 17.7. The monoisotopic (exact) mass is 438 g/mol. The lowest BCUT2D eigenvalue weighted by Gasteiger charge is -2.16. The fraction of sp³-hybridized carbons (Fsp3) is 0.304. The molecule has 0 aliphatic carbocycles. The molecular formula is C23H24F2N6O. The van der Waals surface area contributed by atoms with Gasteiger partial charge in [-0.1, -0.05) is 0 Å². The van der Waals surface area contributed by atoms with Crippen molar-refractivity contribution in [2.24, 2.45) is 5.41 Å². The number of nitrogens with one attached hydrogen (secondary N) is 3. The molecule has 0 aliphatic rings. The Morgan fingerprint density at radius 3 is 2.59 bits per heavy atom. The molecule has 0 radical (unpaired) electrons. The molecule has 166 valence electrons. The highest BCUT2D eigenvalue weighted by Crippen LogP contribution is 2.32. The zero-order chi connectivity index (χ0) is 23.5. The minimum Gasteiger partial charge on any atom is -0.373 e. The van der Waals surface area contributed by atoms with Crippen LogP contribution in [0.2, 0.25) is 0 Å². The number of pyridine rings is 2. The Hall–Kier alpha value is -3.80. The van der Waals surface area contributed by atoms with E-state index in [-0.39, 0.29) is 17.8 Å². The average molecular weight is 438 g/mol. The average Bonchev–Trinajstić information content (AvgIpc) is 2.74. The quantitative estimate of drug-likeness (QED) is 0.503. The number of hydrogen-bond donors (Lipinski definition) is 3. The second-order valence-electron chi connectivity index (χ2n) is 8.07. The zero-order valence-electron chi connectivity index (χ0n) is 18.3. The molecule has 3 N–H and O–H groups in total. The van der Waals surface area contributed by atoms with Gasteiger partial charge < -0.3 is 16.0 Å². The molecule has 32 heavy (non-hydrogen) atoms. The Bertz CT molecular complexity index is 1220. The number of nitriles is 1. The van der Waals surface area contributed by atoms with Crippen LogP contribution in [0.1, 0.15) is 26.0 Å². The highest BCUT2D eigenvalue weighted by molar-refractivity contribution is 5.91. The number of carbonyl (C=O) groups excluding carboxylic acids is 1. The predicted molar refractivity (Wildman–Crippen MR) is 120 cm³/mol. The highest BCUT2D eigenvalue weighted by atomic mass is 19.1.